The highest BCUT2D eigenvalue weighted by atomic mass is 32.2. The summed E-state index contributed by atoms with van der Waals surface area (Å²) in [5.41, 5.74) is 1.56. The molecule has 1 fully saturated rings. The summed E-state index contributed by atoms with van der Waals surface area (Å²) >= 11 is 6.94. The summed E-state index contributed by atoms with van der Waals surface area (Å²) in [6, 6.07) is 6.99. The number of fused-ring (bicyclic) bond motifs is 1. The third-order valence-corrected chi connectivity index (χ3v) is 5.57. The van der Waals surface area contributed by atoms with Gasteiger partial charge in [-0.1, -0.05) is 48.2 Å². The molecule has 0 amide bonds. The second kappa shape index (κ2) is 6.75. The smallest absolute Gasteiger partial charge is 0.190 e. The summed E-state index contributed by atoms with van der Waals surface area (Å²) in [6.07, 6.45) is 5.08. The Bertz CT molecular complexity index is 660. The number of nitrogens with zero attached hydrogens (tertiary/aromatic N) is 1. The van der Waals surface area contributed by atoms with E-state index >= 15 is 0 Å². The van der Waals surface area contributed by atoms with Gasteiger partial charge in [-0.2, -0.15) is 0 Å². The van der Waals surface area contributed by atoms with E-state index in [1.807, 2.05) is 0 Å². The molecule has 1 aliphatic carbocycles. The van der Waals surface area contributed by atoms with E-state index in [1.165, 1.54) is 37.1 Å². The van der Waals surface area contributed by atoms with Gasteiger partial charge in [-0.3, -0.25) is 9.59 Å². The molecular formula is C17H17NO2S2. The number of allylic oxidation sites excluding steroid dienone is 1. The third kappa shape index (κ3) is 3.15. The first-order valence-corrected chi connectivity index (χ1v) is 8.86. The fourth-order valence-corrected chi connectivity index (χ4v) is 4.00. The number of hydrogen-bond acceptors (Lipinski definition) is 4. The molecule has 1 heterocycles. The van der Waals surface area contributed by atoms with Crippen LogP contribution in [0, 0.1) is 0 Å². The highest BCUT2D eigenvalue weighted by Gasteiger charge is 2.25. The van der Waals surface area contributed by atoms with Crippen molar-refractivity contribution >= 4 is 39.9 Å². The molecule has 0 atom stereocenters. The van der Waals surface area contributed by atoms with Crippen LogP contribution in [0.2, 0.25) is 0 Å². The molecule has 1 aromatic rings. The van der Waals surface area contributed by atoms with Crippen LogP contribution in [0.4, 0.5) is 0 Å². The highest BCUT2D eigenvalue weighted by Crippen LogP contribution is 2.25. The first kappa shape index (κ1) is 15.4. The first-order valence-electron chi connectivity index (χ1n) is 7.47. The molecule has 0 aromatic heterocycles. The van der Waals surface area contributed by atoms with Gasteiger partial charge in [-0.15, -0.1) is 0 Å². The number of carbonyl (C=O) groups is 2. The van der Waals surface area contributed by atoms with E-state index in [4.69, 9.17) is 12.2 Å². The summed E-state index contributed by atoms with van der Waals surface area (Å²) in [5, 5.41) is 0. The maximum Gasteiger partial charge on any atom is 0.190 e. The predicted octanol–water partition coefficient (Wildman–Crippen LogP) is 3.50. The lowest BCUT2D eigenvalue weighted by atomic mass is 9.90. The van der Waals surface area contributed by atoms with E-state index in [0.717, 1.165) is 17.4 Å². The molecule has 1 aliphatic heterocycles. The van der Waals surface area contributed by atoms with E-state index < -0.39 is 0 Å². The normalized spacial score (nSPS) is 18.0. The minimum Gasteiger partial charge on any atom is -0.358 e. The number of Topliss-reactive ketones (excluding diaryl/α,β-unsaturated/α-hetero) is 1. The second-order valence-electron chi connectivity index (χ2n) is 5.51. The number of hydrogen-bond donors (Lipinski definition) is 0. The Labute approximate surface area is 139 Å². The van der Waals surface area contributed by atoms with Crippen LogP contribution in [-0.2, 0) is 0 Å². The van der Waals surface area contributed by atoms with Gasteiger partial charge in [0.15, 0.2) is 11.6 Å². The zero-order valence-electron chi connectivity index (χ0n) is 12.2. The van der Waals surface area contributed by atoms with Crippen molar-refractivity contribution in [2.45, 2.75) is 19.3 Å². The van der Waals surface area contributed by atoms with Crippen LogP contribution < -0.4 is 0 Å². The molecule has 3 nitrogen and oxygen atoms in total. The number of likely N-dealkylation sites (tertiary alicyclic amines) is 1. The number of piperidine rings is 1. The zero-order valence-corrected chi connectivity index (χ0v) is 13.8. The largest absolute Gasteiger partial charge is 0.358 e. The van der Waals surface area contributed by atoms with E-state index in [0.29, 0.717) is 22.5 Å². The number of rotatable bonds is 2. The van der Waals surface area contributed by atoms with Crippen LogP contribution in [0.1, 0.15) is 40.0 Å². The van der Waals surface area contributed by atoms with Crippen molar-refractivity contribution < 1.29 is 9.59 Å². The zero-order chi connectivity index (χ0) is 15.5. The SMILES string of the molecule is O=C1C=C(CSC(=S)N2CCCCC2)C(=O)c2ccccc21. The van der Waals surface area contributed by atoms with Gasteiger partial charge in [-0.25, -0.2) is 0 Å². The van der Waals surface area contributed by atoms with Gasteiger partial charge in [-0.05, 0) is 25.3 Å². The second-order valence-corrected chi connectivity index (χ2v) is 7.12. The van der Waals surface area contributed by atoms with Gasteiger partial charge in [0.25, 0.3) is 0 Å². The maximum absolute atomic E-state index is 12.5. The fraction of sp³-hybridized carbons (Fsp3) is 0.353. The highest BCUT2D eigenvalue weighted by molar-refractivity contribution is 8.23. The molecule has 0 radical (unpaired) electrons. The minimum atomic E-state index is -0.0882. The van der Waals surface area contributed by atoms with Crippen molar-refractivity contribution in [1.82, 2.24) is 4.90 Å². The Kier molecular flexibility index (Phi) is 4.74. The lowest BCUT2D eigenvalue weighted by molar-refractivity contribution is 0.0985. The van der Waals surface area contributed by atoms with Crippen LogP contribution in [0.3, 0.4) is 0 Å². The average molecular weight is 331 g/mol. The molecule has 0 spiro atoms. The average Bonchev–Trinajstić information content (AvgIpc) is 2.57. The Morgan fingerprint density at radius 2 is 1.77 bits per heavy atom. The van der Waals surface area contributed by atoms with Crippen LogP contribution in [0.25, 0.3) is 0 Å². The summed E-state index contributed by atoms with van der Waals surface area (Å²) < 4.78 is 0.833. The minimum absolute atomic E-state index is 0.0517. The molecule has 114 valence electrons. The topological polar surface area (TPSA) is 37.4 Å². The number of benzene rings is 1. The van der Waals surface area contributed by atoms with Gasteiger partial charge in [0.2, 0.25) is 0 Å². The van der Waals surface area contributed by atoms with Crippen molar-refractivity contribution in [2.75, 3.05) is 18.8 Å². The molecule has 0 bridgehead atoms. The Hall–Kier alpha value is -1.46. The monoisotopic (exact) mass is 331 g/mol. The number of thiocarbonyl (C=S) groups is 1. The fourth-order valence-electron chi connectivity index (χ4n) is 2.78. The Morgan fingerprint density at radius 1 is 1.09 bits per heavy atom. The Balaban J connectivity index is 1.67. The number of carbonyl (C=O) groups excluding carboxylic acids is 2. The summed E-state index contributed by atoms with van der Waals surface area (Å²) in [4.78, 5) is 26.8. The number of ketones is 2. The summed E-state index contributed by atoms with van der Waals surface area (Å²) in [6.45, 7) is 2.00. The van der Waals surface area contributed by atoms with Crippen molar-refractivity contribution in [3.63, 3.8) is 0 Å². The van der Waals surface area contributed by atoms with Crippen LogP contribution >= 0.6 is 24.0 Å². The van der Waals surface area contributed by atoms with E-state index in [-0.39, 0.29) is 11.6 Å². The first-order chi connectivity index (χ1) is 10.7. The molecule has 1 aromatic carbocycles. The van der Waals surface area contributed by atoms with Gasteiger partial charge in [0.1, 0.15) is 4.32 Å². The Morgan fingerprint density at radius 3 is 2.50 bits per heavy atom. The third-order valence-electron chi connectivity index (χ3n) is 4.00. The lowest BCUT2D eigenvalue weighted by Crippen LogP contribution is -2.33. The van der Waals surface area contributed by atoms with Crippen molar-refractivity contribution in [1.29, 1.82) is 0 Å². The maximum atomic E-state index is 12.5. The van der Waals surface area contributed by atoms with Gasteiger partial charge in [0.05, 0.1) is 0 Å². The molecule has 1 saturated heterocycles. The predicted molar refractivity (Wildman–Crippen MR) is 93.7 cm³/mol. The quantitative estimate of drug-likeness (QED) is 0.776. The summed E-state index contributed by atoms with van der Waals surface area (Å²) in [7, 11) is 0. The lowest BCUT2D eigenvalue weighted by Gasteiger charge is -2.28. The van der Waals surface area contributed by atoms with Crippen molar-refractivity contribution in [2.24, 2.45) is 0 Å². The standard InChI is InChI=1S/C17H17NO2S2/c19-15-10-12(16(20)14-7-3-2-6-13(14)15)11-22-17(21)18-8-4-1-5-9-18/h2-3,6-7,10H,1,4-5,8-9,11H2. The van der Waals surface area contributed by atoms with Crippen molar-refractivity contribution in [3.8, 4) is 0 Å². The molecule has 0 unspecified atom stereocenters. The van der Waals surface area contributed by atoms with E-state index in [9.17, 15) is 9.59 Å². The van der Waals surface area contributed by atoms with E-state index in [1.54, 1.807) is 24.3 Å². The molecule has 22 heavy (non-hydrogen) atoms. The molecular weight excluding hydrogens is 314 g/mol. The van der Waals surface area contributed by atoms with Gasteiger partial charge in [0, 0.05) is 35.5 Å². The van der Waals surface area contributed by atoms with Crippen LogP contribution in [0.5, 0.6) is 0 Å². The van der Waals surface area contributed by atoms with Gasteiger partial charge >= 0.3 is 0 Å². The number of thioether (sulfide) groups is 1. The molecule has 3 rings (SSSR count). The molecule has 0 N–H and O–H groups in total. The van der Waals surface area contributed by atoms with Crippen molar-refractivity contribution in [3.05, 3.63) is 47.0 Å². The summed E-state index contributed by atoms with van der Waals surface area (Å²) in [5.74, 6) is 0.327. The van der Waals surface area contributed by atoms with Crippen LogP contribution in [0.15, 0.2) is 35.9 Å². The van der Waals surface area contributed by atoms with Gasteiger partial charge < -0.3 is 4.90 Å². The molecule has 0 saturated carbocycles. The van der Waals surface area contributed by atoms with E-state index in [2.05, 4.69) is 4.90 Å². The molecule has 5 heteroatoms. The molecule has 2 aliphatic rings. The van der Waals surface area contributed by atoms with Crippen LogP contribution in [-0.4, -0.2) is 39.6 Å².